The van der Waals surface area contributed by atoms with Crippen LogP contribution in [0.5, 0.6) is 5.75 Å². The molecule has 58 heavy (non-hydrogen) atoms. The van der Waals surface area contributed by atoms with E-state index in [0.717, 1.165) is 16.5 Å². The van der Waals surface area contributed by atoms with Crippen LogP contribution in [0.25, 0.3) is 10.9 Å². The number of methoxy groups -OCH3 is 1. The van der Waals surface area contributed by atoms with Gasteiger partial charge in [-0.15, -0.1) is 0 Å². The maximum Gasteiger partial charge on any atom is 0.254 e. The number of aromatic amines is 1. The third-order valence-electron chi connectivity index (χ3n) is 10.2. The lowest BCUT2D eigenvalue weighted by atomic mass is 9.99. The Bertz CT molecular complexity index is 2070. The number of nitrogens with one attached hydrogen (secondary N) is 6. The van der Waals surface area contributed by atoms with Crippen LogP contribution >= 0.6 is 0 Å². The number of nitrogens with zero attached hydrogens (tertiary/aromatic N) is 2. The van der Waals surface area contributed by atoms with Gasteiger partial charge in [0.1, 0.15) is 29.9 Å². The van der Waals surface area contributed by atoms with Crippen LogP contribution in [0.2, 0.25) is 0 Å². The Kier molecular flexibility index (Phi) is 14.6. The van der Waals surface area contributed by atoms with Crippen molar-refractivity contribution in [1.29, 1.82) is 0 Å². The van der Waals surface area contributed by atoms with Gasteiger partial charge in [-0.1, -0.05) is 58.0 Å². The molecule has 1 fully saturated rings. The van der Waals surface area contributed by atoms with Gasteiger partial charge in [-0.2, -0.15) is 0 Å². The van der Waals surface area contributed by atoms with Crippen LogP contribution in [0.1, 0.15) is 62.5 Å². The van der Waals surface area contributed by atoms with Crippen LogP contribution in [0.15, 0.2) is 79.3 Å². The number of pyridine rings is 1. The highest BCUT2D eigenvalue weighted by molar-refractivity contribution is 5.98. The van der Waals surface area contributed by atoms with Crippen molar-refractivity contribution in [2.45, 2.75) is 84.1 Å². The molecule has 4 aromatic rings. The van der Waals surface area contributed by atoms with Gasteiger partial charge < -0.3 is 41.2 Å². The molecule has 0 bridgehead atoms. The molecule has 1 aliphatic rings. The van der Waals surface area contributed by atoms with E-state index in [2.05, 4.69) is 36.6 Å². The van der Waals surface area contributed by atoms with Crippen molar-refractivity contribution in [2.75, 3.05) is 20.2 Å². The lowest BCUT2D eigenvalue weighted by Crippen LogP contribution is -2.60. The largest absolute Gasteiger partial charge is 0.497 e. The Balaban J connectivity index is 1.55. The molecule has 15 nitrogen and oxygen atoms in total. The van der Waals surface area contributed by atoms with Crippen molar-refractivity contribution in [2.24, 2.45) is 11.8 Å². The summed E-state index contributed by atoms with van der Waals surface area (Å²) in [6.07, 6.45) is 5.04. The van der Waals surface area contributed by atoms with Gasteiger partial charge in [-0.25, -0.2) is 0 Å². The monoisotopic (exact) mass is 794 g/mol. The molecule has 0 aliphatic carbocycles. The summed E-state index contributed by atoms with van der Waals surface area (Å²) in [5.41, 5.74) is 2.58. The number of fused-ring (bicyclic) bond motifs is 1. The van der Waals surface area contributed by atoms with Crippen LogP contribution in [0, 0.1) is 11.8 Å². The number of benzene rings is 2. The van der Waals surface area contributed by atoms with E-state index in [4.69, 9.17) is 4.74 Å². The number of hydrogen-bond donors (Lipinski definition) is 6. The molecule has 0 saturated carbocycles. The van der Waals surface area contributed by atoms with Gasteiger partial charge in [0, 0.05) is 60.5 Å². The average molecular weight is 795 g/mol. The normalized spacial score (nSPS) is 21.7. The standard InChI is InChI=1S/C43H54N8O7/c1-25(2)19-34-41(55)49-35(20-28-11-13-31(58-6)14-12-28)40(54)46-27(5)39(53)50-37(26(3)4)23-51(43(57)29-15-17-44-18-16-29)24-38(52)47-36(42(56)48-34)21-30-22-45-33-10-8-7-9-32(30)33/h7-18,22,25-27,34-37,45H,19-21,23-24H2,1-6H3,(H,46,54)(H,47,52)(H,48,56)(H,49,55)(H,50,53)/t27-,34+,35+,36-,37-/m1/s1. The topological polar surface area (TPSA) is 204 Å². The molecule has 0 unspecified atom stereocenters. The Morgan fingerprint density at radius 2 is 1.41 bits per heavy atom. The molecule has 2 aromatic carbocycles. The second-order valence-electron chi connectivity index (χ2n) is 15.5. The summed E-state index contributed by atoms with van der Waals surface area (Å²) < 4.78 is 5.29. The van der Waals surface area contributed by atoms with E-state index >= 15 is 0 Å². The quantitative estimate of drug-likeness (QED) is 0.148. The first-order valence-electron chi connectivity index (χ1n) is 19.6. The maximum absolute atomic E-state index is 14.4. The van der Waals surface area contributed by atoms with E-state index in [-0.39, 0.29) is 43.2 Å². The lowest BCUT2D eigenvalue weighted by molar-refractivity contribution is -0.135. The third-order valence-corrected chi connectivity index (χ3v) is 10.2. The molecule has 308 valence electrons. The van der Waals surface area contributed by atoms with Gasteiger partial charge >= 0.3 is 0 Å². The summed E-state index contributed by atoms with van der Waals surface area (Å²) in [5, 5.41) is 15.1. The number of aromatic nitrogens is 2. The summed E-state index contributed by atoms with van der Waals surface area (Å²) in [6.45, 7) is 8.54. The highest BCUT2D eigenvalue weighted by Crippen LogP contribution is 2.20. The van der Waals surface area contributed by atoms with E-state index < -0.39 is 72.2 Å². The Hall–Kier alpha value is -6.25. The van der Waals surface area contributed by atoms with E-state index in [1.54, 1.807) is 37.6 Å². The van der Waals surface area contributed by atoms with E-state index in [0.29, 0.717) is 11.3 Å². The molecular weight excluding hydrogens is 741 g/mol. The van der Waals surface area contributed by atoms with E-state index in [9.17, 15) is 28.8 Å². The second kappa shape index (κ2) is 19.7. The van der Waals surface area contributed by atoms with Crippen LogP contribution in [0.4, 0.5) is 0 Å². The minimum atomic E-state index is -1.18. The first-order valence-corrected chi connectivity index (χ1v) is 19.6. The van der Waals surface area contributed by atoms with E-state index in [1.165, 1.54) is 36.4 Å². The minimum absolute atomic E-state index is 0.0565. The van der Waals surface area contributed by atoms with Crippen molar-refractivity contribution < 1.29 is 33.5 Å². The number of ether oxygens (including phenoxy) is 1. The molecule has 2 aromatic heterocycles. The number of para-hydroxylation sites is 1. The van der Waals surface area contributed by atoms with Crippen LogP contribution < -0.4 is 31.3 Å². The van der Waals surface area contributed by atoms with Crippen molar-refractivity contribution >= 4 is 46.3 Å². The zero-order valence-electron chi connectivity index (χ0n) is 33.8. The smallest absolute Gasteiger partial charge is 0.254 e. The maximum atomic E-state index is 14.4. The first-order chi connectivity index (χ1) is 27.7. The van der Waals surface area contributed by atoms with Gasteiger partial charge in [-0.3, -0.25) is 33.8 Å². The highest BCUT2D eigenvalue weighted by atomic mass is 16.5. The van der Waals surface area contributed by atoms with Crippen molar-refractivity contribution in [3.05, 3.63) is 95.9 Å². The van der Waals surface area contributed by atoms with Gasteiger partial charge in [0.25, 0.3) is 5.91 Å². The molecule has 6 amide bonds. The molecule has 5 atom stereocenters. The SMILES string of the molecule is COc1ccc(C[C@@H]2NC(=O)[C@H](CC(C)C)NC(=O)[C@@H](Cc3c[nH]c4ccccc34)NC(=O)CN(C(=O)c3ccncc3)C[C@H](C(C)C)NC(=O)[C@@H](C)NC2=O)cc1. The molecule has 0 spiro atoms. The Labute approximate surface area is 338 Å². The summed E-state index contributed by atoms with van der Waals surface area (Å²) >= 11 is 0. The zero-order valence-corrected chi connectivity index (χ0v) is 33.8. The van der Waals surface area contributed by atoms with Crippen LogP contribution in [0.3, 0.4) is 0 Å². The number of rotatable bonds is 9. The number of carbonyl (C=O) groups is 6. The van der Waals surface area contributed by atoms with Crippen molar-refractivity contribution in [3.8, 4) is 5.75 Å². The van der Waals surface area contributed by atoms with Gasteiger partial charge in [0.2, 0.25) is 29.5 Å². The highest BCUT2D eigenvalue weighted by Gasteiger charge is 2.34. The molecular formula is C43H54N8O7. The van der Waals surface area contributed by atoms with Gasteiger partial charge in [0.05, 0.1) is 13.7 Å². The van der Waals surface area contributed by atoms with Crippen LogP contribution in [-0.2, 0) is 36.8 Å². The number of H-pyrrole nitrogens is 1. The van der Waals surface area contributed by atoms with Crippen molar-refractivity contribution in [3.63, 3.8) is 0 Å². The lowest BCUT2D eigenvalue weighted by Gasteiger charge is -2.32. The first kappa shape index (κ1) is 42.9. The second-order valence-corrected chi connectivity index (χ2v) is 15.5. The fourth-order valence-electron chi connectivity index (χ4n) is 6.84. The Morgan fingerprint density at radius 3 is 2.09 bits per heavy atom. The fraction of sp³-hybridized carbons (Fsp3) is 0.419. The fourth-order valence-corrected chi connectivity index (χ4v) is 6.84. The Morgan fingerprint density at radius 1 is 0.776 bits per heavy atom. The molecule has 15 heteroatoms. The van der Waals surface area contributed by atoms with E-state index in [1.807, 2.05) is 52.0 Å². The summed E-state index contributed by atoms with van der Waals surface area (Å²) in [7, 11) is 1.54. The molecule has 1 aliphatic heterocycles. The average Bonchev–Trinajstić information content (AvgIpc) is 3.61. The molecule has 5 rings (SSSR count). The molecule has 1 saturated heterocycles. The number of amides is 6. The molecule has 0 radical (unpaired) electrons. The molecule has 3 heterocycles. The number of hydrogen-bond acceptors (Lipinski definition) is 8. The van der Waals surface area contributed by atoms with Gasteiger partial charge in [0.15, 0.2) is 0 Å². The van der Waals surface area contributed by atoms with Crippen LogP contribution in [-0.4, -0.2) is 101 Å². The number of carbonyl (C=O) groups excluding carboxylic acids is 6. The zero-order chi connectivity index (χ0) is 41.9. The predicted molar refractivity (Wildman–Crippen MR) is 218 cm³/mol. The summed E-state index contributed by atoms with van der Waals surface area (Å²) in [6, 6.07) is 12.5. The summed E-state index contributed by atoms with van der Waals surface area (Å²) in [5.74, 6) is -3.13. The predicted octanol–water partition coefficient (Wildman–Crippen LogP) is 2.66. The summed E-state index contributed by atoms with van der Waals surface area (Å²) in [4.78, 5) is 92.8. The van der Waals surface area contributed by atoms with Crippen molar-refractivity contribution in [1.82, 2.24) is 41.5 Å². The third kappa shape index (κ3) is 11.4. The molecule has 6 N–H and O–H groups in total. The van der Waals surface area contributed by atoms with Gasteiger partial charge in [-0.05, 0) is 66.6 Å². The minimum Gasteiger partial charge on any atom is -0.497 e.